The highest BCUT2D eigenvalue weighted by atomic mass is 32.2. The normalized spacial score (nSPS) is 17.1. The molecule has 1 unspecified atom stereocenters. The maximum atomic E-state index is 13.5. The van der Waals surface area contributed by atoms with Crippen molar-refractivity contribution < 1.29 is 36.3 Å². The molecule has 2 aliphatic heterocycles. The molecule has 224 valence electrons. The van der Waals surface area contributed by atoms with Crippen LogP contribution in [0.2, 0.25) is 0 Å². The van der Waals surface area contributed by atoms with Crippen molar-refractivity contribution in [1.82, 2.24) is 24.3 Å². The number of halogens is 3. The fourth-order valence-electron chi connectivity index (χ4n) is 5.29. The van der Waals surface area contributed by atoms with Gasteiger partial charge in [-0.25, -0.2) is 8.42 Å². The molecule has 2 amide bonds. The summed E-state index contributed by atoms with van der Waals surface area (Å²) in [6.45, 7) is -0.118. The first kappa shape index (κ1) is 29.7. The maximum Gasteiger partial charge on any atom is 0.417 e. The van der Waals surface area contributed by atoms with E-state index in [1.54, 1.807) is 0 Å². The number of sulfone groups is 1. The number of rotatable bonds is 6. The first-order valence-corrected chi connectivity index (χ1v) is 14.7. The highest BCUT2D eigenvalue weighted by Gasteiger charge is 2.40. The van der Waals surface area contributed by atoms with Crippen LogP contribution >= 0.6 is 0 Å². The number of amides is 2. The van der Waals surface area contributed by atoms with Crippen LogP contribution < -0.4 is 5.56 Å². The van der Waals surface area contributed by atoms with E-state index in [-0.39, 0.29) is 48.9 Å². The molecule has 2 aliphatic rings. The molecule has 1 atom stereocenters. The summed E-state index contributed by atoms with van der Waals surface area (Å²) in [5.41, 5.74) is -3.78. The standard InChI is InChI=1S/C27H23F3N6O6S/c28-27(29,30)19-14-16(3-4-17(19)15-31)25(39)35-9-1-2-20(35)23-33-24(38)22(37)21-26(40)34(10-11-36(21)23)12-13-43(41,42)18-5-7-32-8-6-18/h3-8,14,20,37H,1-2,9-13H2. The number of nitriles is 1. The highest BCUT2D eigenvalue weighted by Crippen LogP contribution is 2.36. The van der Waals surface area contributed by atoms with Gasteiger partial charge in [-0.2, -0.15) is 23.4 Å². The summed E-state index contributed by atoms with van der Waals surface area (Å²) in [5.74, 6) is -2.99. The largest absolute Gasteiger partial charge is 0.501 e. The number of aromatic hydroxyl groups is 1. The first-order chi connectivity index (χ1) is 20.3. The first-order valence-electron chi connectivity index (χ1n) is 13.0. The van der Waals surface area contributed by atoms with Gasteiger partial charge in [-0.05, 0) is 43.2 Å². The minimum Gasteiger partial charge on any atom is -0.501 e. The molecule has 1 saturated heterocycles. The Labute approximate surface area is 242 Å². The van der Waals surface area contributed by atoms with E-state index < -0.39 is 67.8 Å². The van der Waals surface area contributed by atoms with E-state index in [0.717, 1.165) is 12.1 Å². The zero-order chi connectivity index (χ0) is 31.1. The number of aromatic nitrogens is 3. The van der Waals surface area contributed by atoms with E-state index in [4.69, 9.17) is 5.26 Å². The minimum atomic E-state index is -4.87. The number of carbonyl (C=O) groups excluding carboxylic acids is 2. The van der Waals surface area contributed by atoms with Crippen molar-refractivity contribution >= 4 is 21.7 Å². The van der Waals surface area contributed by atoms with E-state index >= 15 is 0 Å². The van der Waals surface area contributed by atoms with Crippen molar-refractivity contribution in [3.05, 3.63) is 81.3 Å². The molecule has 5 rings (SSSR count). The van der Waals surface area contributed by atoms with Crippen LogP contribution in [0.4, 0.5) is 13.2 Å². The third-order valence-corrected chi connectivity index (χ3v) is 9.13. The molecule has 3 aromatic rings. The Morgan fingerprint density at radius 2 is 1.84 bits per heavy atom. The second-order valence-corrected chi connectivity index (χ2v) is 12.1. The Kier molecular flexibility index (Phi) is 7.69. The lowest BCUT2D eigenvalue weighted by Crippen LogP contribution is -2.46. The van der Waals surface area contributed by atoms with E-state index in [1.807, 2.05) is 0 Å². The predicted octanol–water partition coefficient (Wildman–Crippen LogP) is 2.14. The van der Waals surface area contributed by atoms with Crippen LogP contribution in [0.25, 0.3) is 0 Å². The summed E-state index contributed by atoms with van der Waals surface area (Å²) in [4.78, 5) is 49.7. The molecule has 1 N–H and O–H groups in total. The fraction of sp³-hybridized carbons (Fsp3) is 0.333. The summed E-state index contributed by atoms with van der Waals surface area (Å²) >= 11 is 0. The quantitative estimate of drug-likeness (QED) is 0.437. The molecule has 16 heteroatoms. The van der Waals surface area contributed by atoms with Gasteiger partial charge < -0.3 is 19.5 Å². The molecule has 2 aromatic heterocycles. The van der Waals surface area contributed by atoms with Gasteiger partial charge in [0.15, 0.2) is 15.5 Å². The topological polar surface area (TPSA) is 167 Å². The monoisotopic (exact) mass is 616 g/mol. The number of alkyl halides is 3. The Morgan fingerprint density at radius 3 is 2.51 bits per heavy atom. The number of nitrogens with zero attached hydrogens (tertiary/aromatic N) is 6. The maximum absolute atomic E-state index is 13.5. The Balaban J connectivity index is 1.44. The SMILES string of the molecule is N#Cc1ccc(C(=O)N2CCCC2c2nc(=O)c(O)c3n2CCN(CCS(=O)(=O)c2ccncc2)C3=O)cc1C(F)(F)F. The predicted molar refractivity (Wildman–Crippen MR) is 142 cm³/mol. The summed E-state index contributed by atoms with van der Waals surface area (Å²) in [7, 11) is -3.77. The number of benzene rings is 1. The minimum absolute atomic E-state index is 0.0000794. The molecule has 1 fully saturated rings. The van der Waals surface area contributed by atoms with E-state index in [2.05, 4.69) is 9.97 Å². The molecule has 0 radical (unpaired) electrons. The molecule has 0 spiro atoms. The Bertz CT molecular complexity index is 1820. The molecule has 0 bridgehead atoms. The Hall–Kier alpha value is -4.78. The van der Waals surface area contributed by atoms with Gasteiger partial charge in [0.1, 0.15) is 5.82 Å². The van der Waals surface area contributed by atoms with Gasteiger partial charge in [0.05, 0.1) is 33.9 Å². The van der Waals surface area contributed by atoms with Gasteiger partial charge in [0, 0.05) is 44.1 Å². The van der Waals surface area contributed by atoms with Crippen LogP contribution in [0, 0.1) is 11.3 Å². The number of hydrogen-bond acceptors (Lipinski definition) is 9. The summed E-state index contributed by atoms with van der Waals surface area (Å²) in [5, 5.41) is 19.6. The van der Waals surface area contributed by atoms with Gasteiger partial charge in [-0.15, -0.1) is 0 Å². The number of pyridine rings is 1. The highest BCUT2D eigenvalue weighted by molar-refractivity contribution is 7.91. The molecule has 1 aromatic carbocycles. The molecule has 4 heterocycles. The zero-order valence-corrected chi connectivity index (χ0v) is 23.1. The lowest BCUT2D eigenvalue weighted by atomic mass is 10.0. The van der Waals surface area contributed by atoms with Crippen LogP contribution in [0.5, 0.6) is 5.75 Å². The lowest BCUT2D eigenvalue weighted by molar-refractivity contribution is -0.137. The summed E-state index contributed by atoms with van der Waals surface area (Å²) < 4.78 is 67.3. The van der Waals surface area contributed by atoms with Crippen LogP contribution in [0.15, 0.2) is 52.4 Å². The van der Waals surface area contributed by atoms with E-state index in [1.165, 1.54) is 45.0 Å². The van der Waals surface area contributed by atoms with Crippen LogP contribution in [0.1, 0.15) is 56.7 Å². The number of carbonyl (C=O) groups is 2. The van der Waals surface area contributed by atoms with Crippen molar-refractivity contribution in [3.8, 4) is 11.8 Å². The van der Waals surface area contributed by atoms with Crippen LogP contribution in [0.3, 0.4) is 0 Å². The third-order valence-electron chi connectivity index (χ3n) is 7.42. The van der Waals surface area contributed by atoms with Crippen LogP contribution in [-0.2, 0) is 22.6 Å². The van der Waals surface area contributed by atoms with Crippen molar-refractivity contribution in [1.29, 1.82) is 5.26 Å². The second kappa shape index (κ2) is 11.1. The van der Waals surface area contributed by atoms with Crippen molar-refractivity contribution in [2.24, 2.45) is 0 Å². The lowest BCUT2D eigenvalue weighted by Gasteiger charge is -2.33. The van der Waals surface area contributed by atoms with Gasteiger partial charge in [0.2, 0.25) is 5.75 Å². The van der Waals surface area contributed by atoms with Gasteiger partial charge in [-0.1, -0.05) is 0 Å². The molecule has 0 saturated carbocycles. The van der Waals surface area contributed by atoms with Crippen molar-refractivity contribution in [2.45, 2.75) is 36.5 Å². The molecule has 0 aliphatic carbocycles. The van der Waals surface area contributed by atoms with E-state index in [0.29, 0.717) is 12.5 Å². The number of likely N-dealkylation sites (tertiary alicyclic amines) is 1. The molecule has 12 nitrogen and oxygen atoms in total. The van der Waals surface area contributed by atoms with Gasteiger partial charge in [0.25, 0.3) is 11.8 Å². The Morgan fingerprint density at radius 1 is 1.12 bits per heavy atom. The van der Waals surface area contributed by atoms with Crippen molar-refractivity contribution in [2.75, 3.05) is 25.4 Å². The van der Waals surface area contributed by atoms with Crippen molar-refractivity contribution in [3.63, 3.8) is 0 Å². The zero-order valence-electron chi connectivity index (χ0n) is 22.3. The van der Waals surface area contributed by atoms with Crippen LogP contribution in [-0.4, -0.2) is 75.1 Å². The third kappa shape index (κ3) is 5.55. The second-order valence-electron chi connectivity index (χ2n) is 9.94. The fourth-order valence-corrected chi connectivity index (χ4v) is 6.52. The number of hydrogen-bond donors (Lipinski definition) is 1. The summed E-state index contributed by atoms with van der Waals surface area (Å²) in [6, 6.07) is 5.82. The molecular weight excluding hydrogens is 593 g/mol. The molecule has 43 heavy (non-hydrogen) atoms. The number of fused-ring (bicyclic) bond motifs is 1. The van der Waals surface area contributed by atoms with Gasteiger partial charge >= 0.3 is 11.7 Å². The average Bonchev–Trinajstić information content (AvgIpc) is 3.47. The van der Waals surface area contributed by atoms with E-state index in [9.17, 15) is 41.1 Å². The smallest absolute Gasteiger partial charge is 0.417 e. The summed E-state index contributed by atoms with van der Waals surface area (Å²) in [6.07, 6.45) is -1.55. The van der Waals surface area contributed by atoms with Gasteiger partial charge in [-0.3, -0.25) is 19.4 Å². The average molecular weight is 617 g/mol. The molecular formula is C27H23F3N6O6S.